The van der Waals surface area contributed by atoms with E-state index in [2.05, 4.69) is 32.4 Å². The van der Waals surface area contributed by atoms with Crippen LogP contribution in [-0.4, -0.2) is 31.3 Å². The number of halogens is 5. The lowest BCUT2D eigenvalue weighted by Gasteiger charge is -2.23. The molecular weight excluding hydrogens is 371 g/mol. The van der Waals surface area contributed by atoms with Crippen LogP contribution in [0, 0.1) is 11.8 Å². The van der Waals surface area contributed by atoms with Gasteiger partial charge in [0.1, 0.15) is 5.75 Å². The van der Waals surface area contributed by atoms with E-state index in [4.69, 9.17) is 4.74 Å². The van der Waals surface area contributed by atoms with Crippen molar-refractivity contribution in [2.75, 3.05) is 13.2 Å². The van der Waals surface area contributed by atoms with Crippen molar-refractivity contribution in [2.45, 2.75) is 52.1 Å². The molecule has 1 atom stereocenters. The molecule has 154 valence electrons. The molecule has 0 spiro atoms. The van der Waals surface area contributed by atoms with Gasteiger partial charge < -0.3 is 9.47 Å². The summed E-state index contributed by atoms with van der Waals surface area (Å²) in [4.78, 5) is 11.3. The monoisotopic (exact) mass is 396 g/mol. The molecule has 8 heteroatoms. The molecule has 0 amide bonds. The first kappa shape index (κ1) is 23.2. The van der Waals surface area contributed by atoms with Crippen molar-refractivity contribution in [3.63, 3.8) is 0 Å². The summed E-state index contributed by atoms with van der Waals surface area (Å²) in [6.07, 6.45) is -4.76. The number of alkyl halides is 5. The molecule has 0 aliphatic heterocycles. The predicted octanol–water partition coefficient (Wildman–Crippen LogP) is 5.59. The van der Waals surface area contributed by atoms with Crippen molar-refractivity contribution in [1.82, 2.24) is 0 Å². The van der Waals surface area contributed by atoms with Crippen LogP contribution in [0.2, 0.25) is 0 Å². The molecule has 3 nitrogen and oxygen atoms in total. The van der Waals surface area contributed by atoms with E-state index < -0.39 is 31.3 Å². The molecule has 1 aromatic rings. The van der Waals surface area contributed by atoms with Gasteiger partial charge in [-0.2, -0.15) is 22.0 Å². The van der Waals surface area contributed by atoms with E-state index in [-0.39, 0.29) is 0 Å². The number of ether oxygens (including phenoxy) is 2. The van der Waals surface area contributed by atoms with E-state index in [1.54, 1.807) is 12.1 Å². The van der Waals surface area contributed by atoms with Gasteiger partial charge in [0.2, 0.25) is 0 Å². The van der Waals surface area contributed by atoms with Crippen molar-refractivity contribution < 1.29 is 36.2 Å². The van der Waals surface area contributed by atoms with Crippen molar-refractivity contribution in [2.24, 2.45) is 11.8 Å². The Bertz CT molecular complexity index is 594. The Morgan fingerprint density at radius 1 is 1.00 bits per heavy atom. The molecule has 0 saturated heterocycles. The molecule has 1 unspecified atom stereocenters. The molecule has 0 aromatic heterocycles. The van der Waals surface area contributed by atoms with Crippen LogP contribution in [0.15, 0.2) is 24.3 Å². The van der Waals surface area contributed by atoms with Crippen molar-refractivity contribution >= 4 is 5.97 Å². The lowest BCUT2D eigenvalue weighted by Crippen LogP contribution is -2.41. The summed E-state index contributed by atoms with van der Waals surface area (Å²) >= 11 is 0. The van der Waals surface area contributed by atoms with Gasteiger partial charge in [-0.05, 0) is 41.9 Å². The number of hydrogen-bond donors (Lipinski definition) is 0. The van der Waals surface area contributed by atoms with Crippen LogP contribution in [0.5, 0.6) is 5.75 Å². The van der Waals surface area contributed by atoms with Crippen LogP contribution < -0.4 is 4.74 Å². The van der Waals surface area contributed by atoms with Gasteiger partial charge in [-0.3, -0.25) is 0 Å². The first-order valence-electron chi connectivity index (χ1n) is 8.66. The number of hydrogen-bond acceptors (Lipinski definition) is 3. The third kappa shape index (κ3) is 7.34. The number of carbonyl (C=O) groups is 1. The predicted molar refractivity (Wildman–Crippen MR) is 90.9 cm³/mol. The lowest BCUT2D eigenvalue weighted by atomic mass is 9.82. The molecular formula is C19H25F5O3. The van der Waals surface area contributed by atoms with Crippen LogP contribution in [0.1, 0.15) is 45.6 Å². The summed E-state index contributed by atoms with van der Waals surface area (Å²) in [6, 6.07) is 6.96. The zero-order valence-corrected chi connectivity index (χ0v) is 15.8. The second-order valence-corrected chi connectivity index (χ2v) is 7.20. The van der Waals surface area contributed by atoms with E-state index in [0.29, 0.717) is 23.5 Å². The van der Waals surface area contributed by atoms with Crippen LogP contribution >= 0.6 is 0 Å². The number of esters is 1. The Hall–Kier alpha value is -1.86. The molecule has 0 aliphatic carbocycles. The summed E-state index contributed by atoms with van der Waals surface area (Å²) in [6.45, 7) is 5.71. The Morgan fingerprint density at radius 2 is 1.56 bits per heavy atom. The molecule has 0 fully saturated rings. The summed E-state index contributed by atoms with van der Waals surface area (Å²) < 4.78 is 70.4. The van der Waals surface area contributed by atoms with Crippen LogP contribution in [0.3, 0.4) is 0 Å². The normalized spacial score (nSPS) is 13.7. The van der Waals surface area contributed by atoms with Crippen LogP contribution in [-0.2, 0) is 9.53 Å². The number of carbonyl (C=O) groups excluding carboxylic acids is 1. The van der Waals surface area contributed by atoms with Crippen LogP contribution in [0.25, 0.3) is 0 Å². The minimum Gasteiger partial charge on any atom is -0.482 e. The topological polar surface area (TPSA) is 35.5 Å². The summed E-state index contributed by atoms with van der Waals surface area (Å²) in [5.41, 5.74) is 1.11. The first-order valence-corrected chi connectivity index (χ1v) is 8.66. The number of rotatable bonds is 9. The van der Waals surface area contributed by atoms with Crippen molar-refractivity contribution in [3.8, 4) is 5.75 Å². The van der Waals surface area contributed by atoms with Gasteiger partial charge in [-0.25, -0.2) is 4.79 Å². The molecule has 1 rings (SSSR count). The minimum atomic E-state index is -5.77. The van der Waals surface area contributed by atoms with E-state index in [1.165, 1.54) is 0 Å². The zero-order valence-electron chi connectivity index (χ0n) is 15.8. The fraction of sp³-hybridized carbons (Fsp3) is 0.632. The Kier molecular flexibility index (Phi) is 8.04. The van der Waals surface area contributed by atoms with Crippen molar-refractivity contribution in [3.05, 3.63) is 29.8 Å². The van der Waals surface area contributed by atoms with Gasteiger partial charge in [0.15, 0.2) is 13.2 Å². The third-order valence-corrected chi connectivity index (χ3v) is 4.02. The highest BCUT2D eigenvalue weighted by molar-refractivity contribution is 5.71. The minimum absolute atomic E-state index is 0.297. The molecule has 27 heavy (non-hydrogen) atoms. The van der Waals surface area contributed by atoms with Gasteiger partial charge in [0.25, 0.3) is 0 Å². The van der Waals surface area contributed by atoms with Crippen LogP contribution in [0.4, 0.5) is 22.0 Å². The molecule has 0 bridgehead atoms. The molecule has 0 saturated carbocycles. The van der Waals surface area contributed by atoms with Gasteiger partial charge in [-0.15, -0.1) is 0 Å². The highest BCUT2D eigenvalue weighted by Crippen LogP contribution is 2.35. The fourth-order valence-corrected chi connectivity index (χ4v) is 2.55. The second kappa shape index (κ2) is 9.37. The maximum Gasteiger partial charge on any atom is 0.456 e. The average molecular weight is 396 g/mol. The van der Waals surface area contributed by atoms with Gasteiger partial charge in [0.05, 0.1) is 0 Å². The zero-order chi connectivity index (χ0) is 20.8. The van der Waals surface area contributed by atoms with Gasteiger partial charge >= 0.3 is 18.1 Å². The lowest BCUT2D eigenvalue weighted by molar-refractivity contribution is -0.294. The van der Waals surface area contributed by atoms with E-state index in [1.807, 2.05) is 12.1 Å². The van der Waals surface area contributed by atoms with E-state index in [0.717, 1.165) is 12.0 Å². The maximum atomic E-state index is 12.7. The Balaban J connectivity index is 2.57. The van der Waals surface area contributed by atoms with Gasteiger partial charge in [0, 0.05) is 0 Å². The number of benzene rings is 1. The first-order chi connectivity index (χ1) is 12.3. The summed E-state index contributed by atoms with van der Waals surface area (Å²) in [5.74, 6) is -4.78. The highest BCUT2D eigenvalue weighted by atomic mass is 19.4. The SMILES string of the molecule is CC(C)CC(c1ccc(OCC(=O)OCC(F)(F)C(F)(F)F)cc1)C(C)C. The molecule has 0 aliphatic rings. The average Bonchev–Trinajstić information content (AvgIpc) is 2.55. The molecule has 0 N–H and O–H groups in total. The molecule has 1 aromatic carbocycles. The smallest absolute Gasteiger partial charge is 0.456 e. The summed E-state index contributed by atoms with van der Waals surface area (Å²) in [7, 11) is 0. The Labute approximate surface area is 155 Å². The third-order valence-electron chi connectivity index (χ3n) is 4.02. The van der Waals surface area contributed by atoms with E-state index >= 15 is 0 Å². The molecule has 0 heterocycles. The Morgan fingerprint density at radius 3 is 2.00 bits per heavy atom. The summed E-state index contributed by atoms with van der Waals surface area (Å²) in [5, 5.41) is 0. The van der Waals surface area contributed by atoms with E-state index in [9.17, 15) is 26.7 Å². The molecule has 0 radical (unpaired) electrons. The fourth-order valence-electron chi connectivity index (χ4n) is 2.55. The quantitative estimate of drug-likeness (QED) is 0.403. The highest BCUT2D eigenvalue weighted by Gasteiger charge is 2.58. The maximum absolute atomic E-state index is 12.7. The largest absolute Gasteiger partial charge is 0.482 e. The van der Waals surface area contributed by atoms with Crippen molar-refractivity contribution in [1.29, 1.82) is 0 Å². The van der Waals surface area contributed by atoms with Gasteiger partial charge in [-0.1, -0.05) is 39.8 Å². The standard InChI is InChI=1S/C19H25F5O3/c1-12(2)9-16(13(3)4)14-5-7-15(8-6-14)26-10-17(25)27-11-18(20,21)19(22,23)24/h5-8,12-13,16H,9-11H2,1-4H3. The second-order valence-electron chi connectivity index (χ2n) is 7.20.